The minimum Gasteiger partial charge on any atom is -0.334 e. The van der Waals surface area contributed by atoms with Crippen LogP contribution in [0.5, 0.6) is 0 Å². The second-order valence-electron chi connectivity index (χ2n) is 6.94. The Bertz CT molecular complexity index is 714. The number of amides is 2. The van der Waals surface area contributed by atoms with E-state index in [1.807, 2.05) is 27.8 Å². The summed E-state index contributed by atoms with van der Waals surface area (Å²) in [5.41, 5.74) is 0.991. The number of pyridine rings is 1. The first-order valence-electron chi connectivity index (χ1n) is 8.88. The summed E-state index contributed by atoms with van der Waals surface area (Å²) >= 11 is 0. The van der Waals surface area contributed by atoms with Crippen LogP contribution in [0.25, 0.3) is 5.82 Å². The Kier molecular flexibility index (Phi) is 4.40. The summed E-state index contributed by atoms with van der Waals surface area (Å²) in [5, 5.41) is 3.03. The number of likely N-dealkylation sites (N-methyl/N-ethyl adjacent to an activating group) is 1. The van der Waals surface area contributed by atoms with E-state index in [1.165, 1.54) is 12.8 Å². The fourth-order valence-electron chi connectivity index (χ4n) is 3.85. The van der Waals surface area contributed by atoms with Crippen LogP contribution in [0, 0.1) is 0 Å². The molecule has 2 bridgehead atoms. The standard InChI is InChI=1S/C18H24N6O/c1-22-15-3-4-16(22)12-23(8-6-15)18(25)21-11-14-2-5-17(20-10-14)24-9-7-19-13-24/h2,5,7,9-10,13,15-16H,3-4,6,8,11-12H2,1H3,(H,21,25)/t15-,16-/m0/s1. The van der Waals surface area contributed by atoms with E-state index in [2.05, 4.69) is 27.2 Å². The molecule has 2 aromatic heterocycles. The van der Waals surface area contributed by atoms with Gasteiger partial charge in [-0.15, -0.1) is 0 Å². The number of fused-ring (bicyclic) bond motifs is 2. The monoisotopic (exact) mass is 340 g/mol. The van der Waals surface area contributed by atoms with E-state index >= 15 is 0 Å². The van der Waals surface area contributed by atoms with Crippen molar-refractivity contribution in [3.05, 3.63) is 42.6 Å². The molecule has 0 aromatic carbocycles. The van der Waals surface area contributed by atoms with Crippen LogP contribution in [0.1, 0.15) is 24.8 Å². The molecule has 25 heavy (non-hydrogen) atoms. The molecule has 2 amide bonds. The van der Waals surface area contributed by atoms with Gasteiger partial charge in [-0.2, -0.15) is 0 Å². The number of carbonyl (C=O) groups excluding carboxylic acids is 1. The lowest BCUT2D eigenvalue weighted by atomic mass is 10.1. The number of likely N-dealkylation sites (tertiary alicyclic amines) is 1. The van der Waals surface area contributed by atoms with E-state index in [0.717, 1.165) is 30.9 Å². The molecule has 7 heteroatoms. The zero-order valence-electron chi connectivity index (χ0n) is 14.5. The number of hydrogen-bond acceptors (Lipinski definition) is 4. The Morgan fingerprint density at radius 3 is 2.92 bits per heavy atom. The first-order chi connectivity index (χ1) is 12.2. The van der Waals surface area contributed by atoms with Crippen molar-refractivity contribution in [1.82, 2.24) is 29.7 Å². The molecule has 0 unspecified atom stereocenters. The molecule has 2 aliphatic heterocycles. The van der Waals surface area contributed by atoms with E-state index in [9.17, 15) is 4.79 Å². The minimum atomic E-state index is 0.0274. The summed E-state index contributed by atoms with van der Waals surface area (Å²) in [4.78, 5) is 25.4. The van der Waals surface area contributed by atoms with Gasteiger partial charge < -0.3 is 10.2 Å². The molecule has 0 spiro atoms. The molecule has 4 rings (SSSR count). The summed E-state index contributed by atoms with van der Waals surface area (Å²) in [6, 6.07) is 5.10. The molecule has 0 radical (unpaired) electrons. The van der Waals surface area contributed by atoms with Crippen molar-refractivity contribution in [1.29, 1.82) is 0 Å². The number of urea groups is 1. The zero-order chi connectivity index (χ0) is 17.2. The molecule has 2 aromatic rings. The van der Waals surface area contributed by atoms with Crippen LogP contribution in [0.3, 0.4) is 0 Å². The number of rotatable bonds is 3. The van der Waals surface area contributed by atoms with Gasteiger partial charge in [0.1, 0.15) is 12.1 Å². The molecule has 2 fully saturated rings. The van der Waals surface area contributed by atoms with Gasteiger partial charge in [-0.3, -0.25) is 9.47 Å². The number of aromatic nitrogens is 3. The number of nitrogens with zero attached hydrogens (tertiary/aromatic N) is 5. The Labute approximate surface area is 147 Å². The van der Waals surface area contributed by atoms with Gasteiger partial charge in [-0.1, -0.05) is 6.07 Å². The molecule has 0 saturated carbocycles. The minimum absolute atomic E-state index is 0.0274. The van der Waals surface area contributed by atoms with Gasteiger partial charge >= 0.3 is 6.03 Å². The predicted molar refractivity (Wildman–Crippen MR) is 94.4 cm³/mol. The third-order valence-corrected chi connectivity index (χ3v) is 5.46. The summed E-state index contributed by atoms with van der Waals surface area (Å²) < 4.78 is 1.85. The average Bonchev–Trinajstić information content (AvgIpc) is 3.22. The average molecular weight is 340 g/mol. The lowest BCUT2D eigenvalue weighted by Crippen LogP contribution is -2.44. The quantitative estimate of drug-likeness (QED) is 0.923. The topological polar surface area (TPSA) is 66.3 Å². The fraction of sp³-hybridized carbons (Fsp3) is 0.500. The highest BCUT2D eigenvalue weighted by Gasteiger charge is 2.35. The summed E-state index contributed by atoms with van der Waals surface area (Å²) in [5.74, 6) is 0.819. The van der Waals surface area contributed by atoms with Crippen molar-refractivity contribution in [2.24, 2.45) is 0 Å². The van der Waals surface area contributed by atoms with Crippen molar-refractivity contribution in [3.8, 4) is 5.82 Å². The van der Waals surface area contributed by atoms with Crippen LogP contribution >= 0.6 is 0 Å². The summed E-state index contributed by atoms with van der Waals surface area (Å²) in [7, 11) is 2.19. The second-order valence-corrected chi connectivity index (χ2v) is 6.94. The highest BCUT2D eigenvalue weighted by atomic mass is 16.2. The van der Waals surface area contributed by atoms with Gasteiger partial charge in [0.2, 0.25) is 0 Å². The largest absolute Gasteiger partial charge is 0.334 e. The molecule has 0 aliphatic carbocycles. The SMILES string of the molecule is CN1[C@H]2CC[C@H]1CN(C(=O)NCc1ccc(-n3ccnc3)nc1)CC2. The van der Waals surface area contributed by atoms with Crippen molar-refractivity contribution in [2.45, 2.75) is 37.9 Å². The van der Waals surface area contributed by atoms with Crippen LogP contribution in [0.15, 0.2) is 37.1 Å². The van der Waals surface area contributed by atoms with E-state index < -0.39 is 0 Å². The third kappa shape index (κ3) is 3.37. The van der Waals surface area contributed by atoms with Crippen LogP contribution in [0.2, 0.25) is 0 Å². The Balaban J connectivity index is 1.33. The Hall–Kier alpha value is -2.41. The third-order valence-electron chi connectivity index (χ3n) is 5.46. The molecular weight excluding hydrogens is 316 g/mol. The molecular formula is C18H24N6O. The van der Waals surface area contributed by atoms with Crippen LogP contribution in [0.4, 0.5) is 4.79 Å². The fourth-order valence-corrected chi connectivity index (χ4v) is 3.85. The van der Waals surface area contributed by atoms with Gasteiger partial charge in [0, 0.05) is 50.3 Å². The zero-order valence-corrected chi connectivity index (χ0v) is 14.5. The first kappa shape index (κ1) is 16.1. The van der Waals surface area contributed by atoms with Crippen LogP contribution < -0.4 is 5.32 Å². The number of carbonyl (C=O) groups is 1. The lowest BCUT2D eigenvalue weighted by Gasteiger charge is -2.26. The molecule has 1 N–H and O–H groups in total. The molecule has 2 aliphatic rings. The van der Waals surface area contributed by atoms with Crippen LogP contribution in [-0.2, 0) is 6.54 Å². The van der Waals surface area contributed by atoms with Crippen molar-refractivity contribution >= 4 is 6.03 Å². The maximum Gasteiger partial charge on any atom is 0.317 e. The highest BCUT2D eigenvalue weighted by Crippen LogP contribution is 2.28. The van der Waals surface area contributed by atoms with Gasteiger partial charge in [-0.25, -0.2) is 14.8 Å². The lowest BCUT2D eigenvalue weighted by molar-refractivity contribution is 0.188. The second kappa shape index (κ2) is 6.84. The van der Waals surface area contributed by atoms with Crippen molar-refractivity contribution < 1.29 is 4.79 Å². The van der Waals surface area contributed by atoms with Gasteiger partial charge in [0.25, 0.3) is 0 Å². The van der Waals surface area contributed by atoms with E-state index in [1.54, 1.807) is 18.7 Å². The Morgan fingerprint density at radius 2 is 2.16 bits per heavy atom. The smallest absolute Gasteiger partial charge is 0.317 e. The highest BCUT2D eigenvalue weighted by molar-refractivity contribution is 5.74. The van der Waals surface area contributed by atoms with Gasteiger partial charge in [0.05, 0.1) is 0 Å². The summed E-state index contributed by atoms with van der Waals surface area (Å²) in [6.07, 6.45) is 10.6. The molecule has 2 atom stereocenters. The number of nitrogens with one attached hydrogen (secondary N) is 1. The summed E-state index contributed by atoms with van der Waals surface area (Å²) in [6.45, 7) is 2.17. The van der Waals surface area contributed by atoms with Crippen LogP contribution in [-0.4, -0.2) is 62.6 Å². The van der Waals surface area contributed by atoms with E-state index in [4.69, 9.17) is 0 Å². The maximum absolute atomic E-state index is 12.5. The molecule has 7 nitrogen and oxygen atoms in total. The number of hydrogen-bond donors (Lipinski definition) is 1. The molecule has 132 valence electrons. The predicted octanol–water partition coefficient (Wildman–Crippen LogP) is 1.65. The Morgan fingerprint density at radius 1 is 1.28 bits per heavy atom. The van der Waals surface area contributed by atoms with E-state index in [0.29, 0.717) is 18.6 Å². The molecule has 2 saturated heterocycles. The van der Waals surface area contributed by atoms with Crippen molar-refractivity contribution in [3.63, 3.8) is 0 Å². The molecule has 4 heterocycles. The van der Waals surface area contributed by atoms with Crippen molar-refractivity contribution in [2.75, 3.05) is 20.1 Å². The van der Waals surface area contributed by atoms with E-state index in [-0.39, 0.29) is 6.03 Å². The van der Waals surface area contributed by atoms with Gasteiger partial charge in [-0.05, 0) is 37.9 Å². The first-order valence-corrected chi connectivity index (χ1v) is 8.88. The maximum atomic E-state index is 12.5. The van der Waals surface area contributed by atoms with Gasteiger partial charge in [0.15, 0.2) is 0 Å². The normalized spacial score (nSPS) is 23.5. The number of imidazole rings is 1.